The molecule has 3 aromatic carbocycles. The number of carbonyl (C=O) groups is 1. The van der Waals surface area contributed by atoms with Crippen molar-refractivity contribution in [3.8, 4) is 21.9 Å². The Bertz CT molecular complexity index is 1510. The molecule has 5 unspecified atom stereocenters. The summed E-state index contributed by atoms with van der Waals surface area (Å²) >= 11 is 1.66. The van der Waals surface area contributed by atoms with Gasteiger partial charge < -0.3 is 40.0 Å². The van der Waals surface area contributed by atoms with Crippen molar-refractivity contribution in [2.24, 2.45) is 0 Å². The number of nitrogens with one attached hydrogen (secondary N) is 1. The molecule has 0 spiro atoms. The molecule has 5 rings (SSSR count). The van der Waals surface area contributed by atoms with Crippen LogP contribution in [0.2, 0.25) is 0 Å². The number of hydrogen-bond acceptors (Lipinski definition) is 10. The van der Waals surface area contributed by atoms with Crippen molar-refractivity contribution in [3.63, 3.8) is 0 Å². The van der Waals surface area contributed by atoms with E-state index in [1.54, 1.807) is 55.9 Å². The molecule has 0 aliphatic carbocycles. The Morgan fingerprint density at radius 3 is 2.37 bits per heavy atom. The molecule has 4 aromatic rings. The molecule has 5 atom stereocenters. The standard InChI is InChI=1S/C31H31NO8S/c1-38-23-15-24(39-2)21(27-14-19-5-3-4-6-26(19)41-27)13-18(23)9-12-22(34)17-7-10-20(11-8-17)32-31-30(37)29(36)28(35)25(16-33)40-31/h3-15,25,28-33,35-37H,16H2,1-2H3. The summed E-state index contributed by atoms with van der Waals surface area (Å²) in [5, 5.41) is 43.6. The second-order valence-corrected chi connectivity index (χ2v) is 10.7. The number of methoxy groups -OCH3 is 2. The van der Waals surface area contributed by atoms with Crippen LogP contribution in [-0.2, 0) is 4.74 Å². The van der Waals surface area contributed by atoms with Crippen LogP contribution in [0.4, 0.5) is 5.69 Å². The number of fused-ring (bicyclic) bond motifs is 1. The van der Waals surface area contributed by atoms with Crippen LogP contribution < -0.4 is 14.8 Å². The van der Waals surface area contributed by atoms with Crippen molar-refractivity contribution in [1.82, 2.24) is 0 Å². The minimum atomic E-state index is -1.49. The molecule has 41 heavy (non-hydrogen) atoms. The summed E-state index contributed by atoms with van der Waals surface area (Å²) in [6.07, 6.45) is -3.26. The molecular formula is C31H31NO8S. The zero-order chi connectivity index (χ0) is 29.1. The molecule has 214 valence electrons. The highest BCUT2D eigenvalue weighted by Gasteiger charge is 2.43. The van der Waals surface area contributed by atoms with Crippen LogP contribution in [0.1, 0.15) is 15.9 Å². The fraction of sp³-hybridized carbons (Fsp3) is 0.258. The first-order valence-corrected chi connectivity index (χ1v) is 13.8. The minimum absolute atomic E-state index is 0.231. The zero-order valence-electron chi connectivity index (χ0n) is 22.4. The van der Waals surface area contributed by atoms with E-state index in [1.165, 1.54) is 6.08 Å². The molecule has 0 amide bonds. The third-order valence-corrected chi connectivity index (χ3v) is 8.18. The number of aliphatic hydroxyl groups excluding tert-OH is 4. The lowest BCUT2D eigenvalue weighted by Crippen LogP contribution is -2.60. The first-order valence-electron chi connectivity index (χ1n) is 13.0. The predicted molar refractivity (Wildman–Crippen MR) is 158 cm³/mol. The van der Waals surface area contributed by atoms with Crippen molar-refractivity contribution in [2.45, 2.75) is 30.6 Å². The van der Waals surface area contributed by atoms with Gasteiger partial charge in [-0.05, 0) is 60.0 Å². The van der Waals surface area contributed by atoms with Crippen LogP contribution in [0.3, 0.4) is 0 Å². The van der Waals surface area contributed by atoms with Gasteiger partial charge in [-0.25, -0.2) is 0 Å². The van der Waals surface area contributed by atoms with Crippen molar-refractivity contribution < 1.29 is 39.4 Å². The summed E-state index contributed by atoms with van der Waals surface area (Å²) in [4.78, 5) is 14.0. The van der Waals surface area contributed by atoms with Crippen LogP contribution in [0, 0.1) is 0 Å². The van der Waals surface area contributed by atoms with Crippen molar-refractivity contribution >= 4 is 39.0 Å². The van der Waals surface area contributed by atoms with Gasteiger partial charge in [-0.3, -0.25) is 4.79 Å². The van der Waals surface area contributed by atoms with Crippen molar-refractivity contribution in [2.75, 3.05) is 26.1 Å². The molecule has 1 aliphatic rings. The third-order valence-electron chi connectivity index (χ3n) is 7.03. The van der Waals surface area contributed by atoms with E-state index in [0.29, 0.717) is 22.7 Å². The lowest BCUT2D eigenvalue weighted by molar-refractivity contribution is -0.221. The van der Waals surface area contributed by atoms with E-state index in [-0.39, 0.29) is 5.78 Å². The molecule has 5 N–H and O–H groups in total. The maximum absolute atomic E-state index is 13.0. The largest absolute Gasteiger partial charge is 0.496 e. The Balaban J connectivity index is 1.34. The molecule has 9 nitrogen and oxygen atoms in total. The van der Waals surface area contributed by atoms with Gasteiger partial charge in [-0.1, -0.05) is 18.2 Å². The molecule has 0 saturated carbocycles. The quantitative estimate of drug-likeness (QED) is 0.149. The fourth-order valence-electron chi connectivity index (χ4n) is 4.74. The van der Waals surface area contributed by atoms with E-state index in [2.05, 4.69) is 23.5 Å². The number of aliphatic hydroxyl groups is 4. The van der Waals surface area contributed by atoms with Crippen molar-refractivity contribution in [1.29, 1.82) is 0 Å². The van der Waals surface area contributed by atoms with Gasteiger partial charge in [0.2, 0.25) is 0 Å². The number of ether oxygens (including phenoxy) is 3. The second-order valence-electron chi connectivity index (χ2n) is 9.61. The average Bonchev–Trinajstić information content (AvgIpc) is 3.44. The number of thiophene rings is 1. The van der Waals surface area contributed by atoms with E-state index in [4.69, 9.17) is 14.2 Å². The molecule has 1 fully saturated rings. The molecular weight excluding hydrogens is 546 g/mol. The number of anilines is 1. The summed E-state index contributed by atoms with van der Waals surface area (Å²) in [5.41, 5.74) is 2.55. The zero-order valence-corrected chi connectivity index (χ0v) is 23.2. The lowest BCUT2D eigenvalue weighted by Gasteiger charge is -2.40. The molecule has 1 aliphatic heterocycles. The van der Waals surface area contributed by atoms with E-state index >= 15 is 0 Å². The summed E-state index contributed by atoms with van der Waals surface area (Å²) < 4.78 is 17.9. The molecule has 0 radical (unpaired) electrons. The average molecular weight is 578 g/mol. The highest BCUT2D eigenvalue weighted by Crippen LogP contribution is 2.41. The van der Waals surface area contributed by atoms with E-state index < -0.39 is 37.3 Å². The number of rotatable bonds is 9. The van der Waals surface area contributed by atoms with Gasteiger partial charge in [0.1, 0.15) is 35.9 Å². The van der Waals surface area contributed by atoms with Gasteiger partial charge in [0.15, 0.2) is 12.0 Å². The molecule has 0 bridgehead atoms. The van der Waals surface area contributed by atoms with Gasteiger partial charge >= 0.3 is 0 Å². The van der Waals surface area contributed by atoms with Gasteiger partial charge in [-0.2, -0.15) is 0 Å². The predicted octanol–water partition coefficient (Wildman–Crippen LogP) is 3.69. The first-order chi connectivity index (χ1) is 19.8. The Morgan fingerprint density at radius 2 is 1.68 bits per heavy atom. The Morgan fingerprint density at radius 1 is 0.951 bits per heavy atom. The van der Waals surface area contributed by atoms with Crippen LogP contribution in [0.15, 0.2) is 72.8 Å². The Labute approximate surface area is 240 Å². The van der Waals surface area contributed by atoms with Crippen LogP contribution in [0.5, 0.6) is 11.5 Å². The number of hydrogen-bond donors (Lipinski definition) is 5. The number of benzene rings is 3. The summed E-state index contributed by atoms with van der Waals surface area (Å²) in [7, 11) is 3.18. The van der Waals surface area contributed by atoms with Crippen molar-refractivity contribution in [3.05, 3.63) is 83.9 Å². The van der Waals surface area contributed by atoms with Gasteiger partial charge in [0.05, 0.1) is 20.8 Å². The smallest absolute Gasteiger partial charge is 0.185 e. The monoisotopic (exact) mass is 577 g/mol. The first kappa shape index (κ1) is 28.7. The summed E-state index contributed by atoms with van der Waals surface area (Å²) in [6.45, 7) is -0.520. The molecule has 2 heterocycles. The Kier molecular flexibility index (Phi) is 8.69. The van der Waals surface area contributed by atoms with E-state index in [1.807, 2.05) is 24.3 Å². The molecule has 1 aromatic heterocycles. The maximum Gasteiger partial charge on any atom is 0.185 e. The van der Waals surface area contributed by atoms with Gasteiger partial charge in [0.25, 0.3) is 0 Å². The maximum atomic E-state index is 13.0. The van der Waals surface area contributed by atoms with Crippen LogP contribution in [-0.4, -0.2) is 77.7 Å². The molecule has 1 saturated heterocycles. The lowest BCUT2D eigenvalue weighted by atomic mass is 9.98. The number of allylic oxidation sites excluding steroid dienone is 1. The van der Waals surface area contributed by atoms with Gasteiger partial charge in [0, 0.05) is 38.0 Å². The highest BCUT2D eigenvalue weighted by molar-refractivity contribution is 7.22. The highest BCUT2D eigenvalue weighted by atomic mass is 32.1. The summed E-state index contributed by atoms with van der Waals surface area (Å²) in [5.74, 6) is 1.000. The third kappa shape index (κ3) is 5.98. The van der Waals surface area contributed by atoms with Crippen LogP contribution in [0.25, 0.3) is 26.6 Å². The number of carbonyl (C=O) groups excluding carboxylic acids is 1. The Hall–Kier alpha value is -3.77. The fourth-order valence-corrected chi connectivity index (χ4v) is 5.82. The van der Waals surface area contributed by atoms with Gasteiger partial charge in [-0.15, -0.1) is 11.3 Å². The van der Waals surface area contributed by atoms with Crippen LogP contribution >= 0.6 is 11.3 Å². The number of ketones is 1. The van der Waals surface area contributed by atoms with E-state index in [9.17, 15) is 25.2 Å². The topological polar surface area (TPSA) is 138 Å². The summed E-state index contributed by atoms with van der Waals surface area (Å²) in [6, 6.07) is 20.5. The SMILES string of the molecule is COc1cc(OC)c(-c2cc3ccccc3s2)cc1C=CC(=O)c1ccc(NC2OC(CO)C(O)C(O)C2O)cc1. The normalized spacial score (nSPS) is 22.6. The minimum Gasteiger partial charge on any atom is -0.496 e. The van der Waals surface area contributed by atoms with E-state index in [0.717, 1.165) is 26.1 Å². The molecule has 10 heteroatoms. The second kappa shape index (κ2) is 12.4.